The highest BCUT2D eigenvalue weighted by Crippen LogP contribution is 2.30. The average Bonchev–Trinajstić information content (AvgIpc) is 2.01. The molecule has 0 heterocycles. The minimum absolute atomic E-state index is 0.117. The number of hydrogen-bond donors (Lipinski definition) is 0. The number of ketones is 1. The van der Waals surface area contributed by atoms with Crippen LogP contribution in [0.15, 0.2) is 12.7 Å². The van der Waals surface area contributed by atoms with Crippen LogP contribution >= 0.6 is 0 Å². The molecule has 1 nitrogen and oxygen atoms in total. The SMILES string of the molecule is C=CC(=O)C(C)CC(C)C(C)(C)C. The molecule has 0 rings (SSSR count). The van der Waals surface area contributed by atoms with Crippen molar-refractivity contribution in [2.75, 3.05) is 0 Å². The van der Waals surface area contributed by atoms with E-state index < -0.39 is 0 Å². The van der Waals surface area contributed by atoms with Gasteiger partial charge in [0.2, 0.25) is 0 Å². The molecule has 0 aromatic heterocycles. The molecule has 0 radical (unpaired) electrons. The van der Waals surface area contributed by atoms with Crippen LogP contribution in [-0.4, -0.2) is 5.78 Å². The van der Waals surface area contributed by atoms with Gasteiger partial charge in [-0.1, -0.05) is 41.2 Å². The van der Waals surface area contributed by atoms with Gasteiger partial charge in [0.1, 0.15) is 0 Å². The molecule has 0 aromatic rings. The Morgan fingerprint density at radius 1 is 1.38 bits per heavy atom. The number of hydrogen-bond acceptors (Lipinski definition) is 1. The summed E-state index contributed by atoms with van der Waals surface area (Å²) >= 11 is 0. The van der Waals surface area contributed by atoms with Gasteiger partial charge >= 0.3 is 0 Å². The molecule has 0 saturated carbocycles. The van der Waals surface area contributed by atoms with Gasteiger partial charge in [-0.15, -0.1) is 0 Å². The van der Waals surface area contributed by atoms with E-state index in [1.807, 2.05) is 6.92 Å². The first-order valence-corrected chi connectivity index (χ1v) is 4.95. The van der Waals surface area contributed by atoms with Gasteiger partial charge in [-0.2, -0.15) is 0 Å². The lowest BCUT2D eigenvalue weighted by molar-refractivity contribution is -0.118. The molecule has 0 N–H and O–H groups in total. The maximum atomic E-state index is 11.3. The molecule has 0 fully saturated rings. The van der Waals surface area contributed by atoms with Crippen molar-refractivity contribution in [1.82, 2.24) is 0 Å². The second-order valence-electron chi connectivity index (χ2n) is 5.01. The summed E-state index contributed by atoms with van der Waals surface area (Å²) in [5.74, 6) is 0.842. The standard InChI is InChI=1S/C12H22O/c1-7-11(13)9(2)8-10(3)12(4,5)6/h7,9-10H,1,8H2,2-6H3. The smallest absolute Gasteiger partial charge is 0.157 e. The third-order valence-electron chi connectivity index (χ3n) is 2.87. The van der Waals surface area contributed by atoms with Gasteiger partial charge < -0.3 is 0 Å². The summed E-state index contributed by atoms with van der Waals surface area (Å²) in [6.07, 6.45) is 2.38. The first-order valence-electron chi connectivity index (χ1n) is 4.95. The van der Waals surface area contributed by atoms with Gasteiger partial charge in [0.25, 0.3) is 0 Å². The molecular formula is C12H22O. The summed E-state index contributed by atoms with van der Waals surface area (Å²) in [6, 6.07) is 0. The zero-order valence-corrected chi connectivity index (χ0v) is 9.55. The fourth-order valence-electron chi connectivity index (χ4n) is 1.20. The van der Waals surface area contributed by atoms with Crippen LogP contribution in [0.1, 0.15) is 41.0 Å². The van der Waals surface area contributed by atoms with Crippen LogP contribution in [0.5, 0.6) is 0 Å². The van der Waals surface area contributed by atoms with E-state index in [1.54, 1.807) is 0 Å². The van der Waals surface area contributed by atoms with Crippen molar-refractivity contribution in [3.8, 4) is 0 Å². The fourth-order valence-corrected chi connectivity index (χ4v) is 1.20. The van der Waals surface area contributed by atoms with Crippen molar-refractivity contribution in [2.24, 2.45) is 17.3 Å². The second kappa shape index (κ2) is 4.59. The third kappa shape index (κ3) is 4.25. The Hall–Kier alpha value is -0.590. The number of allylic oxidation sites excluding steroid dienone is 1. The quantitative estimate of drug-likeness (QED) is 0.609. The zero-order chi connectivity index (χ0) is 10.6. The number of carbonyl (C=O) groups is 1. The fraction of sp³-hybridized carbons (Fsp3) is 0.750. The van der Waals surface area contributed by atoms with Gasteiger partial charge in [-0.05, 0) is 23.8 Å². The Balaban J connectivity index is 4.14. The van der Waals surface area contributed by atoms with Crippen molar-refractivity contribution in [1.29, 1.82) is 0 Å². The lowest BCUT2D eigenvalue weighted by Crippen LogP contribution is -2.22. The molecule has 1 heteroatoms. The molecule has 0 saturated heterocycles. The third-order valence-corrected chi connectivity index (χ3v) is 2.87. The van der Waals surface area contributed by atoms with Gasteiger partial charge in [-0.3, -0.25) is 4.79 Å². The zero-order valence-electron chi connectivity index (χ0n) is 9.55. The Labute approximate surface area is 82.2 Å². The largest absolute Gasteiger partial charge is 0.295 e. The summed E-state index contributed by atoms with van der Waals surface area (Å²) in [6.45, 7) is 14.3. The summed E-state index contributed by atoms with van der Waals surface area (Å²) < 4.78 is 0. The Bertz CT molecular complexity index is 186. The first kappa shape index (κ1) is 12.4. The summed E-state index contributed by atoms with van der Waals surface area (Å²) in [5, 5.41) is 0. The monoisotopic (exact) mass is 182 g/mol. The lowest BCUT2D eigenvalue weighted by Gasteiger charge is -2.28. The van der Waals surface area contributed by atoms with Gasteiger partial charge in [0.15, 0.2) is 5.78 Å². The van der Waals surface area contributed by atoms with Crippen molar-refractivity contribution in [2.45, 2.75) is 41.0 Å². The molecular weight excluding hydrogens is 160 g/mol. The van der Waals surface area contributed by atoms with E-state index in [4.69, 9.17) is 0 Å². The molecule has 0 bridgehead atoms. The predicted molar refractivity (Wildman–Crippen MR) is 57.6 cm³/mol. The van der Waals surface area contributed by atoms with Gasteiger partial charge in [-0.25, -0.2) is 0 Å². The predicted octanol–water partition coefficient (Wildman–Crippen LogP) is 3.45. The molecule has 0 amide bonds. The van der Waals surface area contributed by atoms with E-state index in [0.717, 1.165) is 6.42 Å². The van der Waals surface area contributed by atoms with Crippen molar-refractivity contribution in [3.63, 3.8) is 0 Å². The molecule has 0 aliphatic heterocycles. The molecule has 76 valence electrons. The van der Waals surface area contributed by atoms with E-state index in [2.05, 4.69) is 34.3 Å². The minimum atomic E-state index is 0.117. The van der Waals surface area contributed by atoms with E-state index in [1.165, 1.54) is 6.08 Å². The molecule has 0 aliphatic carbocycles. The minimum Gasteiger partial charge on any atom is -0.295 e. The van der Waals surface area contributed by atoms with Crippen molar-refractivity contribution < 1.29 is 4.79 Å². The van der Waals surface area contributed by atoms with E-state index >= 15 is 0 Å². The Morgan fingerprint density at radius 2 is 1.85 bits per heavy atom. The maximum absolute atomic E-state index is 11.3. The summed E-state index contributed by atoms with van der Waals surface area (Å²) in [4.78, 5) is 11.3. The van der Waals surface area contributed by atoms with Gasteiger partial charge in [0.05, 0.1) is 0 Å². The van der Waals surface area contributed by atoms with E-state index in [9.17, 15) is 4.79 Å². The Kier molecular flexibility index (Phi) is 4.38. The molecule has 0 spiro atoms. The lowest BCUT2D eigenvalue weighted by atomic mass is 9.77. The topological polar surface area (TPSA) is 17.1 Å². The molecule has 2 unspecified atom stereocenters. The molecule has 13 heavy (non-hydrogen) atoms. The first-order chi connectivity index (χ1) is 5.79. The summed E-state index contributed by atoms with van der Waals surface area (Å²) in [5.41, 5.74) is 0.287. The summed E-state index contributed by atoms with van der Waals surface area (Å²) in [7, 11) is 0. The average molecular weight is 182 g/mol. The number of rotatable bonds is 4. The Morgan fingerprint density at radius 3 is 2.15 bits per heavy atom. The second-order valence-corrected chi connectivity index (χ2v) is 5.01. The van der Waals surface area contributed by atoms with Gasteiger partial charge in [0, 0.05) is 5.92 Å². The normalized spacial score (nSPS) is 16.4. The van der Waals surface area contributed by atoms with Crippen LogP contribution < -0.4 is 0 Å². The van der Waals surface area contributed by atoms with Crippen LogP contribution in [0, 0.1) is 17.3 Å². The van der Waals surface area contributed by atoms with Crippen molar-refractivity contribution >= 4 is 5.78 Å². The number of carbonyl (C=O) groups excluding carboxylic acids is 1. The van der Waals surface area contributed by atoms with E-state index in [0.29, 0.717) is 5.92 Å². The highest BCUT2D eigenvalue weighted by molar-refractivity contribution is 5.90. The van der Waals surface area contributed by atoms with Crippen LogP contribution in [0.2, 0.25) is 0 Å². The van der Waals surface area contributed by atoms with E-state index in [-0.39, 0.29) is 17.1 Å². The van der Waals surface area contributed by atoms with Crippen LogP contribution in [0.3, 0.4) is 0 Å². The molecule has 2 atom stereocenters. The van der Waals surface area contributed by atoms with Crippen LogP contribution in [0.4, 0.5) is 0 Å². The molecule has 0 aliphatic rings. The highest BCUT2D eigenvalue weighted by atomic mass is 16.1. The van der Waals surface area contributed by atoms with Crippen LogP contribution in [-0.2, 0) is 4.79 Å². The highest BCUT2D eigenvalue weighted by Gasteiger charge is 2.23. The maximum Gasteiger partial charge on any atom is 0.157 e. The molecule has 0 aromatic carbocycles. The van der Waals surface area contributed by atoms with Crippen molar-refractivity contribution in [3.05, 3.63) is 12.7 Å². The van der Waals surface area contributed by atoms with Crippen LogP contribution in [0.25, 0.3) is 0 Å².